The van der Waals surface area contributed by atoms with Crippen LogP contribution in [0.3, 0.4) is 0 Å². The maximum absolute atomic E-state index is 12.7. The van der Waals surface area contributed by atoms with Gasteiger partial charge in [0.15, 0.2) is 0 Å². The second-order valence-corrected chi connectivity index (χ2v) is 8.83. The molecule has 3 aromatic carbocycles. The summed E-state index contributed by atoms with van der Waals surface area (Å²) in [6.45, 7) is 14.3. The van der Waals surface area contributed by atoms with E-state index in [1.54, 1.807) is 12.1 Å². The third-order valence-corrected chi connectivity index (χ3v) is 5.47. The number of benzene rings is 3. The number of hydrogen-bond donors (Lipinski definition) is 1. The summed E-state index contributed by atoms with van der Waals surface area (Å²) in [4.78, 5) is 0. The van der Waals surface area contributed by atoms with E-state index in [-0.39, 0.29) is 36.9 Å². The van der Waals surface area contributed by atoms with Gasteiger partial charge in [-0.3, -0.25) is 0 Å². The first kappa shape index (κ1) is 34.5. The molecule has 3 rings (SSSR count). The minimum absolute atomic E-state index is 0. The first-order valence-electron chi connectivity index (χ1n) is 12.8. The van der Waals surface area contributed by atoms with Crippen LogP contribution in [-0.2, 0) is 19.6 Å². The molecule has 36 heavy (non-hydrogen) atoms. The van der Waals surface area contributed by atoms with E-state index in [1.807, 2.05) is 0 Å². The fourth-order valence-electron chi connectivity index (χ4n) is 3.09. The third-order valence-electron chi connectivity index (χ3n) is 5.47. The Balaban J connectivity index is 0.000000656. The van der Waals surface area contributed by atoms with Crippen molar-refractivity contribution < 1.29 is 35.5 Å². The van der Waals surface area contributed by atoms with Crippen LogP contribution >= 0.6 is 0 Å². The third kappa shape index (κ3) is 15.6. The number of halogens is 1. The van der Waals surface area contributed by atoms with Crippen LogP contribution in [0.2, 0.25) is 0 Å². The molecule has 2 N–H and O–H groups in total. The molecule has 0 aromatic heterocycles. The number of hydrogen-bond acceptors (Lipinski definition) is 1. The molecule has 0 amide bonds. The van der Waals surface area contributed by atoms with E-state index < -0.39 is 0 Å². The molecule has 0 fully saturated rings. The fraction of sp³-hybridized carbons (Fsp3) is 0.419. The monoisotopic (exact) mass is 715 g/mol. The van der Waals surface area contributed by atoms with Crippen molar-refractivity contribution in [2.45, 2.75) is 73.0 Å². The van der Waals surface area contributed by atoms with Crippen LogP contribution in [-0.4, -0.2) is 13.1 Å². The molecule has 0 saturated heterocycles. The minimum atomic E-state index is -0.193. The Labute approximate surface area is 243 Å². The van der Waals surface area contributed by atoms with E-state index in [2.05, 4.69) is 93.8 Å². The van der Waals surface area contributed by atoms with Crippen molar-refractivity contribution >= 4 is 0 Å². The molecular weight excluding hydrogens is 671 g/mol. The van der Waals surface area contributed by atoms with Crippen molar-refractivity contribution in [3.8, 4) is 0 Å². The summed E-state index contributed by atoms with van der Waals surface area (Å²) in [6.07, 6.45) is 2.43. The molecule has 0 aliphatic rings. The summed E-state index contributed by atoms with van der Waals surface area (Å²) in [5.74, 6) is 0.451. The van der Waals surface area contributed by atoms with Crippen LogP contribution < -0.4 is 5.32 Å². The molecule has 0 radical (unpaired) electrons. The van der Waals surface area contributed by atoms with Gasteiger partial charge in [0.25, 0.3) is 0 Å². The molecule has 1 unspecified atom stereocenters. The average molecular weight is 716 g/mol. The summed E-state index contributed by atoms with van der Waals surface area (Å²) in [5.41, 5.74) is 13.3. The van der Waals surface area contributed by atoms with Crippen molar-refractivity contribution in [3.63, 3.8) is 0 Å². The van der Waals surface area contributed by atoms with Gasteiger partial charge in [-0.05, 0) is 49.1 Å². The average Bonchev–Trinajstić information content (AvgIpc) is 2.88. The molecule has 0 bridgehead atoms. The Morgan fingerprint density at radius 1 is 0.833 bits per heavy atom. The predicted molar refractivity (Wildman–Crippen MR) is 150 cm³/mol. The van der Waals surface area contributed by atoms with Gasteiger partial charge in [0.05, 0.1) is 0 Å². The van der Waals surface area contributed by atoms with Gasteiger partial charge in [0, 0.05) is 6.54 Å². The Kier molecular flexibility index (Phi) is 20.7. The van der Waals surface area contributed by atoms with Crippen LogP contribution in [0.25, 0.3) is 11.1 Å². The molecule has 1 atom stereocenters. The smallest absolute Gasteiger partial charge is 0.674 e. The number of aryl methyl sites for hydroxylation is 1. The normalized spacial score (nSPS) is 10.8. The fourth-order valence-corrected chi connectivity index (χ4v) is 3.09. The van der Waals surface area contributed by atoms with Gasteiger partial charge in [-0.2, -0.15) is 0 Å². The Morgan fingerprint density at radius 3 is 1.89 bits per heavy atom. The van der Waals surface area contributed by atoms with Gasteiger partial charge in [0.1, 0.15) is 5.82 Å². The Bertz CT molecular complexity index is 847. The summed E-state index contributed by atoms with van der Waals surface area (Å²) < 4.78 is 12.7. The van der Waals surface area contributed by atoms with Crippen molar-refractivity contribution in [2.24, 2.45) is 0 Å². The predicted octanol–water partition coefficient (Wildman–Crippen LogP) is 8.97. The van der Waals surface area contributed by atoms with Crippen LogP contribution in [0.5, 0.6) is 0 Å². The van der Waals surface area contributed by atoms with E-state index in [0.717, 1.165) is 37.3 Å². The van der Waals surface area contributed by atoms with Crippen LogP contribution in [0.1, 0.15) is 74.3 Å². The first-order valence-corrected chi connectivity index (χ1v) is 12.8. The van der Waals surface area contributed by atoms with Crippen LogP contribution in [0.15, 0.2) is 72.8 Å². The minimum Gasteiger partial charge on any atom is -0.674 e. The molecule has 5 heteroatoms. The van der Waals surface area contributed by atoms with Gasteiger partial charge < -0.3 is 16.4 Å². The summed E-state index contributed by atoms with van der Waals surface area (Å²) >= 11 is 0. The van der Waals surface area contributed by atoms with E-state index >= 15 is 0 Å². The molecule has 3 nitrogen and oxygen atoms in total. The van der Waals surface area contributed by atoms with Crippen molar-refractivity contribution in [2.75, 3.05) is 13.1 Å². The van der Waals surface area contributed by atoms with Crippen molar-refractivity contribution in [3.05, 3.63) is 117 Å². The summed E-state index contributed by atoms with van der Waals surface area (Å²) in [5, 5.41) is 7.79. The molecule has 194 valence electrons. The molecule has 0 spiro atoms. The van der Waals surface area contributed by atoms with E-state index in [0.29, 0.717) is 12.5 Å². The number of rotatable bonds is 10. The van der Waals surface area contributed by atoms with Gasteiger partial charge in [-0.15, -0.1) is 19.6 Å². The zero-order valence-electron chi connectivity index (χ0n) is 22.8. The number of nitrogens with zero attached hydrogens (tertiary/aromatic N) is 1. The second kappa shape index (κ2) is 21.6. The molecular formula is C31H44FN3U. The Morgan fingerprint density at radius 2 is 1.36 bits per heavy atom. The standard InChI is InChI=1S/C17H20FN2.C11H16N.C3H8.U/c1-14-2-4-15(5-3-14)12-19-10-11-20-13-16-6-8-17(18)9-7-16;1-3-9(2)11-6-4-10(8-12)5-7-11;1-3-2;/h2-9,20H,10-13H2,1H3;4-7,9,12H,3,8H2,1-2H3;3H2,1-2H3;/q2*-1;;+2. The van der Waals surface area contributed by atoms with Crippen LogP contribution in [0, 0.1) is 43.9 Å². The van der Waals surface area contributed by atoms with Crippen molar-refractivity contribution in [1.82, 2.24) is 5.32 Å². The van der Waals surface area contributed by atoms with Crippen molar-refractivity contribution in [1.29, 1.82) is 0 Å². The van der Waals surface area contributed by atoms with Gasteiger partial charge >= 0.3 is 31.1 Å². The summed E-state index contributed by atoms with van der Waals surface area (Å²) in [6, 6.07) is 23.4. The maximum Gasteiger partial charge on any atom is 2.00 e. The van der Waals surface area contributed by atoms with Gasteiger partial charge in [-0.1, -0.05) is 111 Å². The molecule has 0 aliphatic carbocycles. The molecule has 0 aliphatic heterocycles. The zero-order valence-corrected chi connectivity index (χ0v) is 26.9. The maximum atomic E-state index is 12.7. The quantitative estimate of drug-likeness (QED) is 0.210. The molecule has 3 aromatic rings. The summed E-state index contributed by atoms with van der Waals surface area (Å²) in [7, 11) is 0. The van der Waals surface area contributed by atoms with E-state index in [4.69, 9.17) is 5.73 Å². The second-order valence-electron chi connectivity index (χ2n) is 8.83. The molecule has 0 saturated carbocycles. The van der Waals surface area contributed by atoms with Crippen LogP contribution in [0.4, 0.5) is 4.39 Å². The van der Waals surface area contributed by atoms with Gasteiger partial charge in [0.2, 0.25) is 0 Å². The van der Waals surface area contributed by atoms with Gasteiger partial charge in [-0.25, -0.2) is 4.39 Å². The largest absolute Gasteiger partial charge is 2.00 e. The SMILES string of the molecule is CCC.CCC(C)c1ccc(C[NH-])cc1.Cc1ccc(C[N-]CCNCc2ccc(F)cc2)cc1.[U+2]. The van der Waals surface area contributed by atoms with E-state index in [9.17, 15) is 4.39 Å². The number of nitrogens with one attached hydrogen (secondary N) is 2. The van der Waals surface area contributed by atoms with E-state index in [1.165, 1.54) is 41.7 Å². The topological polar surface area (TPSA) is 49.9 Å². The Hall–Kier alpha value is -1.48. The zero-order chi connectivity index (χ0) is 25.9. The molecule has 0 heterocycles. The first-order chi connectivity index (χ1) is 16.9.